The molecule has 6 heteroatoms. The first-order valence-electron chi connectivity index (χ1n) is 8.05. The highest BCUT2D eigenvalue weighted by molar-refractivity contribution is 6.30. The fraction of sp³-hybridized carbons (Fsp3) is 0.100. The van der Waals surface area contributed by atoms with Crippen LogP contribution in [0.1, 0.15) is 11.1 Å². The summed E-state index contributed by atoms with van der Waals surface area (Å²) < 4.78 is 5.93. The number of para-hydroxylation sites is 1. The SMILES string of the molecule is O=[N+]([O-])c1ccc(NCc2ccccc2OCc2cccc(Cl)c2)cc1. The molecule has 3 aromatic rings. The molecule has 26 heavy (non-hydrogen) atoms. The van der Waals surface area contributed by atoms with Gasteiger partial charge in [0, 0.05) is 35.0 Å². The van der Waals surface area contributed by atoms with Gasteiger partial charge in [-0.25, -0.2) is 0 Å². The van der Waals surface area contributed by atoms with Gasteiger partial charge in [0.05, 0.1) is 4.92 Å². The standard InChI is InChI=1S/C20H17ClN2O3/c21-17-6-3-4-15(12-17)14-26-20-7-2-1-5-16(20)13-22-18-8-10-19(11-9-18)23(24)25/h1-12,22H,13-14H2. The molecule has 5 nitrogen and oxygen atoms in total. The molecular formula is C20H17ClN2O3. The summed E-state index contributed by atoms with van der Waals surface area (Å²) in [6, 6.07) is 21.6. The molecule has 0 fully saturated rings. The number of nitrogens with zero attached hydrogens (tertiary/aromatic N) is 1. The Morgan fingerprint density at radius 3 is 2.50 bits per heavy atom. The van der Waals surface area contributed by atoms with E-state index in [1.165, 1.54) is 12.1 Å². The van der Waals surface area contributed by atoms with Gasteiger partial charge in [-0.1, -0.05) is 41.9 Å². The number of hydrogen-bond donors (Lipinski definition) is 1. The maximum atomic E-state index is 10.7. The Hall–Kier alpha value is -3.05. The van der Waals surface area contributed by atoms with E-state index in [-0.39, 0.29) is 5.69 Å². The van der Waals surface area contributed by atoms with Crippen LogP contribution in [-0.4, -0.2) is 4.92 Å². The van der Waals surface area contributed by atoms with Gasteiger partial charge < -0.3 is 10.1 Å². The van der Waals surface area contributed by atoms with E-state index in [0.717, 1.165) is 22.6 Å². The smallest absolute Gasteiger partial charge is 0.269 e. The lowest BCUT2D eigenvalue weighted by Crippen LogP contribution is -2.03. The van der Waals surface area contributed by atoms with Crippen LogP contribution in [0.25, 0.3) is 0 Å². The van der Waals surface area contributed by atoms with E-state index < -0.39 is 4.92 Å². The second-order valence-corrected chi connectivity index (χ2v) is 6.12. The zero-order chi connectivity index (χ0) is 18.4. The lowest BCUT2D eigenvalue weighted by Gasteiger charge is -2.13. The second kappa shape index (κ2) is 8.36. The van der Waals surface area contributed by atoms with Gasteiger partial charge in [-0.15, -0.1) is 0 Å². The highest BCUT2D eigenvalue weighted by Gasteiger charge is 2.06. The summed E-state index contributed by atoms with van der Waals surface area (Å²) >= 11 is 6.00. The van der Waals surface area contributed by atoms with E-state index in [4.69, 9.17) is 16.3 Å². The molecule has 0 unspecified atom stereocenters. The average molecular weight is 369 g/mol. The van der Waals surface area contributed by atoms with Crippen molar-refractivity contribution in [1.82, 2.24) is 0 Å². The molecule has 0 saturated heterocycles. The number of nitrogens with one attached hydrogen (secondary N) is 1. The van der Waals surface area contributed by atoms with Gasteiger partial charge in [-0.05, 0) is 35.9 Å². The molecule has 3 aromatic carbocycles. The van der Waals surface area contributed by atoms with Crippen LogP contribution in [0.3, 0.4) is 0 Å². The summed E-state index contributed by atoms with van der Waals surface area (Å²) in [4.78, 5) is 10.3. The molecule has 0 aromatic heterocycles. The Morgan fingerprint density at radius 2 is 1.77 bits per heavy atom. The molecule has 0 atom stereocenters. The van der Waals surface area contributed by atoms with Crippen LogP contribution in [0.15, 0.2) is 72.8 Å². The molecule has 0 heterocycles. The first-order chi connectivity index (χ1) is 12.6. The summed E-state index contributed by atoms with van der Waals surface area (Å²) in [6.45, 7) is 0.971. The van der Waals surface area contributed by atoms with Crippen LogP contribution in [0.4, 0.5) is 11.4 Å². The van der Waals surface area contributed by atoms with Crippen molar-refractivity contribution in [2.45, 2.75) is 13.2 Å². The Kier molecular flexibility index (Phi) is 5.71. The van der Waals surface area contributed by atoms with Crippen LogP contribution in [0.2, 0.25) is 5.02 Å². The molecule has 0 saturated carbocycles. The number of hydrogen-bond acceptors (Lipinski definition) is 4. The molecular weight excluding hydrogens is 352 g/mol. The summed E-state index contributed by atoms with van der Waals surface area (Å²) in [5, 5.41) is 14.6. The predicted molar refractivity (Wildman–Crippen MR) is 103 cm³/mol. The molecule has 0 bridgehead atoms. The molecule has 0 aliphatic rings. The van der Waals surface area contributed by atoms with Crippen molar-refractivity contribution >= 4 is 23.0 Å². The third-order valence-electron chi connectivity index (χ3n) is 3.82. The maximum Gasteiger partial charge on any atom is 0.269 e. The number of nitro groups is 1. The second-order valence-electron chi connectivity index (χ2n) is 5.68. The van der Waals surface area contributed by atoms with Gasteiger partial charge in [-0.3, -0.25) is 10.1 Å². The van der Waals surface area contributed by atoms with Crippen molar-refractivity contribution in [3.8, 4) is 5.75 Å². The highest BCUT2D eigenvalue weighted by Crippen LogP contribution is 2.22. The van der Waals surface area contributed by atoms with Crippen molar-refractivity contribution in [3.05, 3.63) is 99.1 Å². The zero-order valence-electron chi connectivity index (χ0n) is 13.9. The number of ether oxygens (including phenoxy) is 1. The van der Waals surface area contributed by atoms with E-state index in [0.29, 0.717) is 18.2 Å². The zero-order valence-corrected chi connectivity index (χ0v) is 14.6. The number of rotatable bonds is 7. The molecule has 3 rings (SSSR count). The number of non-ortho nitro benzene ring substituents is 1. The van der Waals surface area contributed by atoms with Gasteiger partial charge in [0.25, 0.3) is 5.69 Å². The number of nitro benzene ring substituents is 1. The molecule has 0 aliphatic carbocycles. The molecule has 0 spiro atoms. The predicted octanol–water partition coefficient (Wildman–Crippen LogP) is 5.44. The quantitative estimate of drug-likeness (QED) is 0.445. The average Bonchev–Trinajstić information content (AvgIpc) is 2.66. The van der Waals surface area contributed by atoms with Crippen molar-refractivity contribution in [2.75, 3.05) is 5.32 Å². The van der Waals surface area contributed by atoms with E-state index in [9.17, 15) is 10.1 Å². The van der Waals surface area contributed by atoms with E-state index in [1.54, 1.807) is 12.1 Å². The minimum Gasteiger partial charge on any atom is -0.489 e. The molecule has 132 valence electrons. The van der Waals surface area contributed by atoms with Crippen LogP contribution in [0, 0.1) is 10.1 Å². The number of anilines is 1. The summed E-state index contributed by atoms with van der Waals surface area (Å²) in [7, 11) is 0. The van der Waals surface area contributed by atoms with Gasteiger partial charge in [-0.2, -0.15) is 0 Å². The first-order valence-corrected chi connectivity index (χ1v) is 8.43. The fourth-order valence-corrected chi connectivity index (χ4v) is 2.69. The van der Waals surface area contributed by atoms with Crippen LogP contribution in [-0.2, 0) is 13.2 Å². The fourth-order valence-electron chi connectivity index (χ4n) is 2.48. The highest BCUT2D eigenvalue weighted by atomic mass is 35.5. The van der Waals surface area contributed by atoms with Gasteiger partial charge in [0.1, 0.15) is 12.4 Å². The third kappa shape index (κ3) is 4.74. The Labute approximate surface area is 156 Å². The van der Waals surface area contributed by atoms with Crippen molar-refractivity contribution in [3.63, 3.8) is 0 Å². The van der Waals surface area contributed by atoms with Gasteiger partial charge in [0.2, 0.25) is 0 Å². The van der Waals surface area contributed by atoms with Crippen molar-refractivity contribution in [2.24, 2.45) is 0 Å². The van der Waals surface area contributed by atoms with Gasteiger partial charge >= 0.3 is 0 Å². The minimum atomic E-state index is -0.414. The summed E-state index contributed by atoms with van der Waals surface area (Å²) in [5.74, 6) is 0.780. The van der Waals surface area contributed by atoms with E-state index in [2.05, 4.69) is 5.32 Å². The molecule has 0 aliphatic heterocycles. The summed E-state index contributed by atoms with van der Waals surface area (Å²) in [5.41, 5.74) is 2.87. The lowest BCUT2D eigenvalue weighted by molar-refractivity contribution is -0.384. The maximum absolute atomic E-state index is 10.7. The molecule has 1 N–H and O–H groups in total. The van der Waals surface area contributed by atoms with Crippen molar-refractivity contribution in [1.29, 1.82) is 0 Å². The van der Waals surface area contributed by atoms with Crippen LogP contribution in [0.5, 0.6) is 5.75 Å². The topological polar surface area (TPSA) is 64.4 Å². The first kappa shape index (κ1) is 17.8. The van der Waals surface area contributed by atoms with Crippen molar-refractivity contribution < 1.29 is 9.66 Å². The monoisotopic (exact) mass is 368 g/mol. The van der Waals surface area contributed by atoms with E-state index in [1.807, 2.05) is 48.5 Å². The van der Waals surface area contributed by atoms with E-state index >= 15 is 0 Å². The summed E-state index contributed by atoms with van der Waals surface area (Å²) in [6.07, 6.45) is 0. The molecule has 0 radical (unpaired) electrons. The van der Waals surface area contributed by atoms with Crippen LogP contribution < -0.4 is 10.1 Å². The minimum absolute atomic E-state index is 0.0702. The largest absolute Gasteiger partial charge is 0.489 e. The Balaban J connectivity index is 1.64. The Morgan fingerprint density at radius 1 is 1.00 bits per heavy atom. The van der Waals surface area contributed by atoms with Crippen LogP contribution >= 0.6 is 11.6 Å². The lowest BCUT2D eigenvalue weighted by atomic mass is 10.2. The number of benzene rings is 3. The third-order valence-corrected chi connectivity index (χ3v) is 4.05. The molecule has 0 amide bonds. The van der Waals surface area contributed by atoms with Gasteiger partial charge in [0.15, 0.2) is 0 Å². The normalized spacial score (nSPS) is 10.3. The Bertz CT molecular complexity index is 898. The number of halogens is 1.